The highest BCUT2D eigenvalue weighted by Crippen LogP contribution is 2.37. The van der Waals surface area contributed by atoms with Crippen molar-refractivity contribution >= 4 is 16.8 Å². The molecular formula is C29H23N3O4. The summed E-state index contributed by atoms with van der Waals surface area (Å²) >= 11 is 0. The maximum atomic E-state index is 14.1. The van der Waals surface area contributed by atoms with E-state index in [0.29, 0.717) is 41.4 Å². The van der Waals surface area contributed by atoms with Crippen LogP contribution in [0.15, 0.2) is 89.6 Å². The lowest BCUT2D eigenvalue weighted by atomic mass is 10.0. The summed E-state index contributed by atoms with van der Waals surface area (Å²) in [7, 11) is 0. The lowest BCUT2D eigenvalue weighted by Gasteiger charge is -2.24. The van der Waals surface area contributed by atoms with Crippen LogP contribution in [0.5, 0.6) is 11.5 Å². The molecule has 6 rings (SSSR count). The fraction of sp³-hybridized carbons (Fsp3) is 0.138. The maximum absolute atomic E-state index is 14.1. The minimum Gasteiger partial charge on any atom is -0.454 e. The summed E-state index contributed by atoms with van der Waals surface area (Å²) < 4.78 is 16.9. The van der Waals surface area contributed by atoms with Crippen molar-refractivity contribution in [1.29, 1.82) is 0 Å². The van der Waals surface area contributed by atoms with Gasteiger partial charge in [0.2, 0.25) is 6.79 Å². The Labute approximate surface area is 207 Å². The summed E-state index contributed by atoms with van der Waals surface area (Å²) in [4.78, 5) is 20.4. The Morgan fingerprint density at radius 3 is 2.64 bits per heavy atom. The number of aromatic nitrogens is 2. The number of pyridine rings is 1. The number of carbonyl (C=O) groups is 1. The van der Waals surface area contributed by atoms with E-state index in [1.807, 2.05) is 85.8 Å². The maximum Gasteiger partial charge on any atom is 0.256 e. The van der Waals surface area contributed by atoms with E-state index in [0.717, 1.165) is 27.8 Å². The first-order valence-corrected chi connectivity index (χ1v) is 11.7. The van der Waals surface area contributed by atoms with Crippen LogP contribution in [0.1, 0.15) is 27.2 Å². The standard InChI is InChI=1S/C29H23N3O4/c1-19-24(27(31-36-19)21-8-3-2-4-9-21)17-32(16-22-11-6-14-25-28(22)35-18-34-25)29(33)23-13-5-10-20-12-7-15-30-26(20)23/h2-15H,16-18H2,1H3. The monoisotopic (exact) mass is 477 g/mol. The van der Waals surface area contributed by atoms with Gasteiger partial charge in [0.05, 0.1) is 24.2 Å². The molecule has 5 aromatic rings. The molecule has 1 aliphatic rings. The fourth-order valence-corrected chi connectivity index (χ4v) is 4.56. The first kappa shape index (κ1) is 21.9. The van der Waals surface area contributed by atoms with Crippen LogP contribution in [0.3, 0.4) is 0 Å². The molecule has 0 N–H and O–H groups in total. The molecular weight excluding hydrogens is 454 g/mol. The van der Waals surface area contributed by atoms with E-state index < -0.39 is 0 Å². The molecule has 0 bridgehead atoms. The van der Waals surface area contributed by atoms with E-state index >= 15 is 0 Å². The zero-order valence-corrected chi connectivity index (χ0v) is 19.7. The molecule has 7 nitrogen and oxygen atoms in total. The highest BCUT2D eigenvalue weighted by molar-refractivity contribution is 6.05. The number of aryl methyl sites for hydroxylation is 1. The van der Waals surface area contributed by atoms with E-state index in [2.05, 4.69) is 10.1 Å². The smallest absolute Gasteiger partial charge is 0.256 e. The molecule has 0 saturated heterocycles. The molecule has 0 saturated carbocycles. The van der Waals surface area contributed by atoms with Crippen LogP contribution >= 0.6 is 0 Å². The number of hydrogen-bond acceptors (Lipinski definition) is 6. The van der Waals surface area contributed by atoms with Crippen LogP contribution in [0, 0.1) is 6.92 Å². The zero-order valence-electron chi connectivity index (χ0n) is 19.7. The Balaban J connectivity index is 1.43. The lowest BCUT2D eigenvalue weighted by molar-refractivity contribution is 0.0730. The summed E-state index contributed by atoms with van der Waals surface area (Å²) in [5.74, 6) is 1.87. The van der Waals surface area contributed by atoms with Crippen molar-refractivity contribution in [3.63, 3.8) is 0 Å². The minimum atomic E-state index is -0.143. The zero-order chi connectivity index (χ0) is 24.5. The summed E-state index contributed by atoms with van der Waals surface area (Å²) in [6.45, 7) is 2.64. The summed E-state index contributed by atoms with van der Waals surface area (Å²) in [6.07, 6.45) is 1.70. The number of rotatable bonds is 6. The van der Waals surface area contributed by atoms with Crippen LogP contribution in [-0.2, 0) is 13.1 Å². The molecule has 0 atom stereocenters. The third kappa shape index (κ3) is 3.94. The quantitative estimate of drug-likeness (QED) is 0.309. The third-order valence-corrected chi connectivity index (χ3v) is 6.37. The van der Waals surface area contributed by atoms with E-state index in [1.54, 1.807) is 11.1 Å². The predicted octanol–water partition coefficient (Wildman–Crippen LogP) is 5.77. The topological polar surface area (TPSA) is 77.7 Å². The second-order valence-electron chi connectivity index (χ2n) is 8.62. The van der Waals surface area contributed by atoms with Crippen molar-refractivity contribution in [3.05, 3.63) is 108 Å². The number of para-hydroxylation sites is 2. The Kier molecular flexibility index (Phi) is 5.58. The lowest BCUT2D eigenvalue weighted by Crippen LogP contribution is -2.31. The van der Waals surface area contributed by atoms with Gasteiger partial charge in [-0.2, -0.15) is 0 Å². The first-order valence-electron chi connectivity index (χ1n) is 11.7. The van der Waals surface area contributed by atoms with Gasteiger partial charge in [0.25, 0.3) is 5.91 Å². The molecule has 0 spiro atoms. The number of fused-ring (bicyclic) bond motifs is 2. The molecule has 0 aliphatic carbocycles. The molecule has 0 fully saturated rings. The third-order valence-electron chi connectivity index (χ3n) is 6.37. The van der Waals surface area contributed by atoms with Crippen LogP contribution in [0.25, 0.3) is 22.2 Å². The largest absolute Gasteiger partial charge is 0.454 e. The molecule has 178 valence electrons. The molecule has 1 amide bonds. The van der Waals surface area contributed by atoms with Crippen molar-refractivity contribution in [2.75, 3.05) is 6.79 Å². The van der Waals surface area contributed by atoms with Gasteiger partial charge in [0.1, 0.15) is 11.5 Å². The molecule has 36 heavy (non-hydrogen) atoms. The van der Waals surface area contributed by atoms with Gasteiger partial charge in [-0.25, -0.2) is 0 Å². The summed E-state index contributed by atoms with van der Waals surface area (Å²) in [5.41, 5.74) is 4.57. The van der Waals surface area contributed by atoms with Crippen molar-refractivity contribution in [2.24, 2.45) is 0 Å². The Hall–Kier alpha value is -4.65. The van der Waals surface area contributed by atoms with Gasteiger partial charge in [-0.05, 0) is 25.1 Å². The Morgan fingerprint density at radius 2 is 1.75 bits per heavy atom. The van der Waals surface area contributed by atoms with Gasteiger partial charge in [0.15, 0.2) is 11.5 Å². The molecule has 7 heteroatoms. The van der Waals surface area contributed by atoms with Crippen molar-refractivity contribution < 1.29 is 18.8 Å². The highest BCUT2D eigenvalue weighted by atomic mass is 16.7. The van der Waals surface area contributed by atoms with E-state index in [-0.39, 0.29) is 12.7 Å². The number of nitrogens with zero attached hydrogens (tertiary/aromatic N) is 3. The van der Waals surface area contributed by atoms with Gasteiger partial charge < -0.3 is 18.9 Å². The summed E-state index contributed by atoms with van der Waals surface area (Å²) in [6, 6.07) is 25.0. The molecule has 0 unspecified atom stereocenters. The number of amides is 1. The second-order valence-corrected chi connectivity index (χ2v) is 8.62. The second kappa shape index (κ2) is 9.19. The summed E-state index contributed by atoms with van der Waals surface area (Å²) in [5, 5.41) is 5.22. The normalized spacial score (nSPS) is 12.1. The van der Waals surface area contributed by atoms with E-state index in [1.165, 1.54) is 0 Å². The van der Waals surface area contributed by atoms with Gasteiger partial charge in [0, 0.05) is 28.3 Å². The average Bonchev–Trinajstić information content (AvgIpc) is 3.55. The highest BCUT2D eigenvalue weighted by Gasteiger charge is 2.26. The van der Waals surface area contributed by atoms with Crippen LogP contribution in [-0.4, -0.2) is 27.7 Å². The molecule has 3 aromatic carbocycles. The minimum absolute atomic E-state index is 0.143. The van der Waals surface area contributed by atoms with Crippen molar-refractivity contribution in [3.8, 4) is 22.8 Å². The SMILES string of the molecule is Cc1onc(-c2ccccc2)c1CN(Cc1cccc2c1OCO2)C(=O)c1cccc2cccnc12. The van der Waals surface area contributed by atoms with Crippen molar-refractivity contribution in [2.45, 2.75) is 20.0 Å². The van der Waals surface area contributed by atoms with Crippen LogP contribution in [0.2, 0.25) is 0 Å². The molecule has 0 radical (unpaired) electrons. The number of hydrogen-bond donors (Lipinski definition) is 0. The van der Waals surface area contributed by atoms with E-state index in [4.69, 9.17) is 14.0 Å². The van der Waals surface area contributed by atoms with Crippen LogP contribution in [0.4, 0.5) is 0 Å². The van der Waals surface area contributed by atoms with Gasteiger partial charge >= 0.3 is 0 Å². The number of ether oxygens (including phenoxy) is 2. The predicted molar refractivity (Wildman–Crippen MR) is 135 cm³/mol. The Morgan fingerprint density at radius 1 is 0.917 bits per heavy atom. The fourth-order valence-electron chi connectivity index (χ4n) is 4.56. The van der Waals surface area contributed by atoms with Crippen LogP contribution < -0.4 is 9.47 Å². The first-order chi connectivity index (χ1) is 17.7. The molecule has 3 heterocycles. The molecule has 1 aliphatic heterocycles. The average molecular weight is 478 g/mol. The van der Waals surface area contributed by atoms with Gasteiger partial charge in [-0.15, -0.1) is 0 Å². The van der Waals surface area contributed by atoms with Crippen molar-refractivity contribution in [1.82, 2.24) is 15.0 Å². The Bertz CT molecular complexity index is 1560. The number of benzene rings is 3. The van der Waals surface area contributed by atoms with Gasteiger partial charge in [-0.3, -0.25) is 9.78 Å². The number of carbonyl (C=O) groups excluding carboxylic acids is 1. The van der Waals surface area contributed by atoms with E-state index in [9.17, 15) is 4.79 Å². The molecule has 2 aromatic heterocycles. The van der Waals surface area contributed by atoms with Gasteiger partial charge in [-0.1, -0.05) is 65.8 Å².